The van der Waals surface area contributed by atoms with Crippen LogP contribution in [0.25, 0.3) is 11.3 Å². The number of nitrogens with one attached hydrogen (secondary N) is 1. The van der Waals surface area contributed by atoms with E-state index in [0.29, 0.717) is 33.5 Å². The van der Waals surface area contributed by atoms with Crippen molar-refractivity contribution in [1.29, 1.82) is 5.26 Å². The number of nitrogens with zero attached hydrogens (tertiary/aromatic N) is 2. The third-order valence-corrected chi connectivity index (χ3v) is 4.30. The van der Waals surface area contributed by atoms with Crippen molar-refractivity contribution in [3.05, 3.63) is 59.2 Å². The number of nitriles is 1. The van der Waals surface area contributed by atoms with E-state index in [2.05, 4.69) is 10.3 Å². The van der Waals surface area contributed by atoms with Crippen LogP contribution < -0.4 is 14.8 Å². The van der Waals surface area contributed by atoms with Gasteiger partial charge in [-0.1, -0.05) is 0 Å². The predicted molar refractivity (Wildman–Crippen MR) is 99.3 cm³/mol. The molecule has 0 unspecified atom stereocenters. The van der Waals surface area contributed by atoms with Crippen molar-refractivity contribution in [2.45, 2.75) is 0 Å². The molecular formula is C19H14FN3O3S. The Kier molecular flexibility index (Phi) is 5.64. The molecule has 6 nitrogen and oxygen atoms in total. The Labute approximate surface area is 158 Å². The zero-order chi connectivity index (χ0) is 19.2. The first-order chi connectivity index (χ1) is 13.1. The summed E-state index contributed by atoms with van der Waals surface area (Å²) >= 11 is 1.21. The minimum absolute atomic E-state index is 0.204. The maximum atomic E-state index is 13.5. The standard InChI is InChI=1S/C19H14FN3O3S/c1-25-17-7-4-13(20)8-15(17)16-11-27-19(22-16)23-18(24)10-26-14-5-2-12(9-21)3-6-14/h2-8,11H,10H2,1H3,(H,22,23,24). The zero-order valence-electron chi connectivity index (χ0n) is 14.2. The Bertz CT molecular complexity index is 996. The molecule has 0 radical (unpaired) electrons. The van der Waals surface area contributed by atoms with Crippen LogP contribution in [0, 0.1) is 17.1 Å². The molecule has 3 aromatic rings. The van der Waals surface area contributed by atoms with Crippen molar-refractivity contribution in [3.8, 4) is 28.8 Å². The molecule has 0 aliphatic rings. The van der Waals surface area contributed by atoms with Gasteiger partial charge in [0, 0.05) is 10.9 Å². The zero-order valence-corrected chi connectivity index (χ0v) is 15.0. The van der Waals surface area contributed by atoms with Gasteiger partial charge in [0.2, 0.25) is 0 Å². The van der Waals surface area contributed by atoms with Crippen LogP contribution >= 0.6 is 11.3 Å². The number of carbonyl (C=O) groups excluding carboxylic acids is 1. The number of benzene rings is 2. The van der Waals surface area contributed by atoms with Crippen LogP contribution in [0.15, 0.2) is 47.8 Å². The van der Waals surface area contributed by atoms with Crippen molar-refractivity contribution in [2.24, 2.45) is 0 Å². The number of rotatable bonds is 6. The molecule has 2 aromatic carbocycles. The molecule has 0 aliphatic carbocycles. The number of thiazole rings is 1. The van der Waals surface area contributed by atoms with Crippen molar-refractivity contribution < 1.29 is 18.7 Å². The smallest absolute Gasteiger partial charge is 0.264 e. The van der Waals surface area contributed by atoms with E-state index in [9.17, 15) is 9.18 Å². The van der Waals surface area contributed by atoms with Gasteiger partial charge in [-0.25, -0.2) is 9.37 Å². The molecule has 0 bridgehead atoms. The summed E-state index contributed by atoms with van der Waals surface area (Å²) in [6, 6.07) is 12.6. The highest BCUT2D eigenvalue weighted by Crippen LogP contribution is 2.32. The molecule has 0 atom stereocenters. The molecule has 8 heteroatoms. The molecule has 1 heterocycles. The number of hydrogen-bond acceptors (Lipinski definition) is 6. The molecule has 1 aromatic heterocycles. The maximum Gasteiger partial charge on any atom is 0.264 e. The molecule has 3 rings (SSSR count). The monoisotopic (exact) mass is 383 g/mol. The van der Waals surface area contributed by atoms with Crippen LogP contribution in [0.4, 0.5) is 9.52 Å². The summed E-state index contributed by atoms with van der Waals surface area (Å²) in [5.41, 5.74) is 1.51. The second kappa shape index (κ2) is 8.29. The number of halogens is 1. The minimum atomic E-state index is -0.403. The van der Waals surface area contributed by atoms with Gasteiger partial charge in [-0.3, -0.25) is 10.1 Å². The van der Waals surface area contributed by atoms with Crippen LogP contribution in [0.5, 0.6) is 11.5 Å². The Balaban J connectivity index is 1.62. The van der Waals surface area contributed by atoms with Gasteiger partial charge < -0.3 is 9.47 Å². The third-order valence-electron chi connectivity index (χ3n) is 3.54. The van der Waals surface area contributed by atoms with E-state index in [1.54, 1.807) is 29.6 Å². The summed E-state index contributed by atoms with van der Waals surface area (Å²) in [4.78, 5) is 16.3. The van der Waals surface area contributed by atoms with Crippen molar-refractivity contribution in [2.75, 3.05) is 19.0 Å². The van der Waals surface area contributed by atoms with Gasteiger partial charge in [-0.05, 0) is 42.5 Å². The largest absolute Gasteiger partial charge is 0.496 e. The lowest BCUT2D eigenvalue weighted by molar-refractivity contribution is -0.118. The molecule has 0 saturated carbocycles. The summed E-state index contributed by atoms with van der Waals surface area (Å²) < 4.78 is 24.1. The number of hydrogen-bond donors (Lipinski definition) is 1. The number of carbonyl (C=O) groups is 1. The number of methoxy groups -OCH3 is 1. The van der Waals surface area contributed by atoms with Gasteiger partial charge in [0.1, 0.15) is 17.3 Å². The van der Waals surface area contributed by atoms with Gasteiger partial charge >= 0.3 is 0 Å². The van der Waals surface area contributed by atoms with Gasteiger partial charge in [-0.2, -0.15) is 5.26 Å². The van der Waals surface area contributed by atoms with Gasteiger partial charge in [-0.15, -0.1) is 11.3 Å². The van der Waals surface area contributed by atoms with E-state index in [4.69, 9.17) is 14.7 Å². The Morgan fingerprint density at radius 1 is 1.30 bits per heavy atom. The molecular weight excluding hydrogens is 369 g/mol. The first-order valence-corrected chi connectivity index (χ1v) is 8.69. The maximum absolute atomic E-state index is 13.5. The third kappa shape index (κ3) is 4.59. The molecule has 0 spiro atoms. The Morgan fingerprint density at radius 2 is 2.07 bits per heavy atom. The molecule has 0 aliphatic heterocycles. The lowest BCUT2D eigenvalue weighted by Gasteiger charge is -2.06. The number of aromatic nitrogens is 1. The fraction of sp³-hybridized carbons (Fsp3) is 0.105. The predicted octanol–water partition coefficient (Wildman–Crippen LogP) is 3.85. The lowest BCUT2D eigenvalue weighted by atomic mass is 10.1. The summed E-state index contributed by atoms with van der Waals surface area (Å²) in [5.74, 6) is 0.184. The topological polar surface area (TPSA) is 84.2 Å². The summed E-state index contributed by atoms with van der Waals surface area (Å²) in [6.07, 6.45) is 0. The second-order valence-electron chi connectivity index (χ2n) is 5.36. The van der Waals surface area contributed by atoms with Crippen molar-refractivity contribution in [3.63, 3.8) is 0 Å². The fourth-order valence-corrected chi connectivity index (χ4v) is 2.99. The van der Waals surface area contributed by atoms with E-state index in [1.807, 2.05) is 6.07 Å². The summed E-state index contributed by atoms with van der Waals surface area (Å²) in [5, 5.41) is 13.5. The van der Waals surface area contributed by atoms with E-state index in [0.717, 1.165) is 0 Å². The molecule has 0 fully saturated rings. The van der Waals surface area contributed by atoms with E-state index < -0.39 is 5.82 Å². The highest BCUT2D eigenvalue weighted by atomic mass is 32.1. The van der Waals surface area contributed by atoms with Gasteiger partial charge in [0.15, 0.2) is 11.7 Å². The average Bonchev–Trinajstić information content (AvgIpc) is 3.15. The van der Waals surface area contributed by atoms with Crippen molar-refractivity contribution >= 4 is 22.4 Å². The minimum Gasteiger partial charge on any atom is -0.496 e. The van der Waals surface area contributed by atoms with Crippen LogP contribution in [0.3, 0.4) is 0 Å². The normalized spacial score (nSPS) is 10.1. The quantitative estimate of drug-likeness (QED) is 0.699. The Hall–Kier alpha value is -3.44. The van der Waals surface area contributed by atoms with Crippen molar-refractivity contribution in [1.82, 2.24) is 4.98 Å². The molecule has 27 heavy (non-hydrogen) atoms. The summed E-state index contributed by atoms with van der Waals surface area (Å²) in [6.45, 7) is -0.204. The second-order valence-corrected chi connectivity index (χ2v) is 6.21. The first kappa shape index (κ1) is 18.4. The van der Waals surface area contributed by atoms with Gasteiger partial charge in [0.05, 0.1) is 24.4 Å². The fourth-order valence-electron chi connectivity index (χ4n) is 2.27. The molecule has 0 saturated heterocycles. The lowest BCUT2D eigenvalue weighted by Crippen LogP contribution is -2.20. The van der Waals surface area contributed by atoms with Crippen LogP contribution in [-0.2, 0) is 4.79 Å². The summed E-state index contributed by atoms with van der Waals surface area (Å²) in [7, 11) is 1.49. The van der Waals surface area contributed by atoms with Crippen LogP contribution in [0.2, 0.25) is 0 Å². The number of amides is 1. The highest BCUT2D eigenvalue weighted by molar-refractivity contribution is 7.14. The average molecular weight is 383 g/mol. The van der Waals surface area contributed by atoms with Crippen LogP contribution in [0.1, 0.15) is 5.56 Å². The van der Waals surface area contributed by atoms with Gasteiger partial charge in [0.25, 0.3) is 5.91 Å². The Morgan fingerprint density at radius 3 is 2.78 bits per heavy atom. The van der Waals surface area contributed by atoms with E-state index >= 15 is 0 Å². The van der Waals surface area contributed by atoms with Crippen LogP contribution in [-0.4, -0.2) is 24.6 Å². The highest BCUT2D eigenvalue weighted by Gasteiger charge is 2.13. The molecule has 136 valence electrons. The first-order valence-electron chi connectivity index (χ1n) is 7.81. The van der Waals surface area contributed by atoms with E-state index in [1.165, 1.54) is 36.6 Å². The van der Waals surface area contributed by atoms with E-state index in [-0.39, 0.29) is 12.5 Å². The molecule has 1 N–H and O–H groups in total. The number of ether oxygens (including phenoxy) is 2. The molecule has 1 amide bonds. The number of anilines is 1. The SMILES string of the molecule is COc1ccc(F)cc1-c1csc(NC(=O)COc2ccc(C#N)cc2)n1.